The summed E-state index contributed by atoms with van der Waals surface area (Å²) in [4.78, 5) is 23.7. The van der Waals surface area contributed by atoms with Crippen LogP contribution in [0.5, 0.6) is 0 Å². The number of nitrogens with one attached hydrogen (secondary N) is 1. The average molecular weight is 337 g/mol. The fourth-order valence-electron chi connectivity index (χ4n) is 2.74. The summed E-state index contributed by atoms with van der Waals surface area (Å²) in [6, 6.07) is 8.17. The first kappa shape index (κ1) is 17.1. The largest absolute Gasteiger partial charge is 0.461 e. The van der Waals surface area contributed by atoms with Gasteiger partial charge in [0.1, 0.15) is 12.3 Å². The molecule has 2 aromatic heterocycles. The Kier molecular flexibility index (Phi) is 4.33. The smallest absolute Gasteiger partial charge is 0.302 e. The van der Waals surface area contributed by atoms with E-state index in [0.717, 1.165) is 27.9 Å². The number of rotatable bonds is 3. The summed E-state index contributed by atoms with van der Waals surface area (Å²) in [5, 5.41) is 0. The number of nitrogens with zero attached hydrogens (tertiary/aromatic N) is 2. The third-order valence-corrected chi connectivity index (χ3v) is 4.28. The van der Waals surface area contributed by atoms with E-state index in [1.54, 1.807) is 6.20 Å². The Morgan fingerprint density at radius 1 is 1.24 bits per heavy atom. The van der Waals surface area contributed by atoms with Crippen molar-refractivity contribution in [1.82, 2.24) is 15.0 Å². The van der Waals surface area contributed by atoms with E-state index in [1.807, 2.05) is 19.1 Å². The summed E-state index contributed by atoms with van der Waals surface area (Å²) < 4.78 is 5.19. The number of benzene rings is 1. The van der Waals surface area contributed by atoms with Crippen molar-refractivity contribution in [1.29, 1.82) is 0 Å². The first-order chi connectivity index (χ1) is 11.8. The lowest BCUT2D eigenvalue weighted by atomic mass is 9.87. The van der Waals surface area contributed by atoms with Gasteiger partial charge in [0.2, 0.25) is 0 Å². The molecule has 5 nitrogen and oxygen atoms in total. The van der Waals surface area contributed by atoms with Crippen molar-refractivity contribution in [2.75, 3.05) is 0 Å². The normalized spacial score (nSPS) is 11.7. The van der Waals surface area contributed by atoms with Gasteiger partial charge >= 0.3 is 5.97 Å². The van der Waals surface area contributed by atoms with E-state index in [4.69, 9.17) is 4.74 Å². The maximum Gasteiger partial charge on any atom is 0.302 e. The minimum atomic E-state index is -0.311. The molecule has 2 heterocycles. The molecule has 0 radical (unpaired) electrons. The quantitative estimate of drug-likeness (QED) is 0.724. The molecule has 0 bridgehead atoms. The van der Waals surface area contributed by atoms with Gasteiger partial charge < -0.3 is 9.72 Å². The van der Waals surface area contributed by atoms with Crippen molar-refractivity contribution in [2.24, 2.45) is 0 Å². The number of fused-ring (bicyclic) bond motifs is 1. The van der Waals surface area contributed by atoms with Crippen LogP contribution in [0.15, 0.2) is 30.5 Å². The predicted molar refractivity (Wildman–Crippen MR) is 98.2 cm³/mol. The van der Waals surface area contributed by atoms with Crippen molar-refractivity contribution in [3.63, 3.8) is 0 Å². The summed E-state index contributed by atoms with van der Waals surface area (Å²) in [6.45, 7) is 10.1. The van der Waals surface area contributed by atoms with Crippen LogP contribution in [-0.4, -0.2) is 20.9 Å². The minimum absolute atomic E-state index is 0.0710. The van der Waals surface area contributed by atoms with Gasteiger partial charge in [-0.2, -0.15) is 0 Å². The third-order valence-electron chi connectivity index (χ3n) is 4.28. The Labute approximate surface area is 147 Å². The summed E-state index contributed by atoms with van der Waals surface area (Å²) >= 11 is 0. The second-order valence-electron chi connectivity index (χ2n) is 7.30. The standard InChI is InChI=1S/C20H23N3O2/c1-12-8-9-21-18(15(12)11-25-13(2)24)19-22-16-7-6-14(20(3,4)5)10-17(16)23-19/h6-10H,11H2,1-5H3,(H,22,23). The van der Waals surface area contributed by atoms with Gasteiger partial charge in [0.15, 0.2) is 5.82 Å². The van der Waals surface area contributed by atoms with Gasteiger partial charge in [0, 0.05) is 18.7 Å². The molecule has 1 aromatic carbocycles. The zero-order valence-corrected chi connectivity index (χ0v) is 15.3. The number of aryl methyl sites for hydroxylation is 1. The predicted octanol–water partition coefficient (Wildman–Crippen LogP) is 4.29. The van der Waals surface area contributed by atoms with E-state index in [1.165, 1.54) is 12.5 Å². The summed E-state index contributed by atoms with van der Waals surface area (Å²) in [5.41, 5.74) is 5.78. The van der Waals surface area contributed by atoms with Crippen LogP contribution in [0.2, 0.25) is 0 Å². The number of carbonyl (C=O) groups excluding carboxylic acids is 1. The molecular formula is C20H23N3O2. The van der Waals surface area contributed by atoms with E-state index < -0.39 is 0 Å². The van der Waals surface area contributed by atoms with Gasteiger partial charge in [-0.3, -0.25) is 9.78 Å². The number of hydrogen-bond donors (Lipinski definition) is 1. The van der Waals surface area contributed by atoms with Gasteiger partial charge in [-0.05, 0) is 41.7 Å². The average Bonchev–Trinajstić information content (AvgIpc) is 2.95. The molecule has 3 aromatic rings. The van der Waals surface area contributed by atoms with E-state index >= 15 is 0 Å². The van der Waals surface area contributed by atoms with Crippen LogP contribution >= 0.6 is 0 Å². The monoisotopic (exact) mass is 337 g/mol. The molecule has 0 amide bonds. The molecule has 0 spiro atoms. The number of aromatic amines is 1. The van der Waals surface area contributed by atoms with Crippen molar-refractivity contribution >= 4 is 17.0 Å². The lowest BCUT2D eigenvalue weighted by Crippen LogP contribution is -2.10. The molecule has 0 atom stereocenters. The maximum absolute atomic E-state index is 11.2. The number of esters is 1. The molecule has 0 saturated carbocycles. The SMILES string of the molecule is CC(=O)OCc1c(C)ccnc1-c1nc2ccc(C(C)(C)C)cc2[nH]1. The van der Waals surface area contributed by atoms with Gasteiger partial charge in [-0.15, -0.1) is 0 Å². The summed E-state index contributed by atoms with van der Waals surface area (Å²) in [7, 11) is 0. The lowest BCUT2D eigenvalue weighted by molar-refractivity contribution is -0.142. The van der Waals surface area contributed by atoms with E-state index in [9.17, 15) is 4.79 Å². The van der Waals surface area contributed by atoms with Gasteiger partial charge in [0.25, 0.3) is 0 Å². The van der Waals surface area contributed by atoms with Crippen molar-refractivity contribution in [2.45, 2.75) is 46.6 Å². The second kappa shape index (κ2) is 6.31. The fourth-order valence-corrected chi connectivity index (χ4v) is 2.74. The number of H-pyrrole nitrogens is 1. The lowest BCUT2D eigenvalue weighted by Gasteiger charge is -2.18. The topological polar surface area (TPSA) is 67.9 Å². The molecule has 1 N–H and O–H groups in total. The number of carbonyl (C=O) groups is 1. The van der Waals surface area contributed by atoms with Crippen molar-refractivity contribution < 1.29 is 9.53 Å². The number of hydrogen-bond acceptors (Lipinski definition) is 4. The number of ether oxygens (including phenoxy) is 1. The van der Waals surface area contributed by atoms with Crippen LogP contribution in [0, 0.1) is 6.92 Å². The van der Waals surface area contributed by atoms with Crippen molar-refractivity contribution in [3.8, 4) is 11.5 Å². The summed E-state index contributed by atoms with van der Waals surface area (Å²) in [5.74, 6) is 0.375. The minimum Gasteiger partial charge on any atom is -0.461 e. The van der Waals surface area contributed by atoms with Crippen LogP contribution in [-0.2, 0) is 21.6 Å². The first-order valence-electron chi connectivity index (χ1n) is 8.34. The number of imidazole rings is 1. The van der Waals surface area contributed by atoms with E-state index in [0.29, 0.717) is 5.82 Å². The Morgan fingerprint density at radius 3 is 2.68 bits per heavy atom. The highest BCUT2D eigenvalue weighted by molar-refractivity contribution is 5.80. The number of pyridine rings is 1. The van der Waals surface area contributed by atoms with Crippen LogP contribution in [0.3, 0.4) is 0 Å². The molecule has 25 heavy (non-hydrogen) atoms. The Balaban J connectivity index is 2.07. The second-order valence-corrected chi connectivity index (χ2v) is 7.30. The van der Waals surface area contributed by atoms with Crippen LogP contribution in [0.25, 0.3) is 22.6 Å². The zero-order valence-electron chi connectivity index (χ0n) is 15.3. The summed E-state index contributed by atoms with van der Waals surface area (Å²) in [6.07, 6.45) is 1.75. The molecule has 0 fully saturated rings. The molecule has 0 aliphatic carbocycles. The van der Waals surface area contributed by atoms with Crippen LogP contribution < -0.4 is 0 Å². The van der Waals surface area contributed by atoms with Gasteiger partial charge in [-0.1, -0.05) is 26.8 Å². The van der Waals surface area contributed by atoms with Crippen LogP contribution in [0.4, 0.5) is 0 Å². The van der Waals surface area contributed by atoms with E-state index in [2.05, 4.69) is 47.9 Å². The number of aromatic nitrogens is 3. The highest BCUT2D eigenvalue weighted by Gasteiger charge is 2.17. The molecule has 0 unspecified atom stereocenters. The third kappa shape index (κ3) is 3.55. The van der Waals surface area contributed by atoms with Crippen molar-refractivity contribution in [3.05, 3.63) is 47.2 Å². The molecule has 5 heteroatoms. The first-order valence-corrected chi connectivity index (χ1v) is 8.34. The molecule has 3 rings (SSSR count). The highest BCUT2D eigenvalue weighted by atomic mass is 16.5. The van der Waals surface area contributed by atoms with E-state index in [-0.39, 0.29) is 18.0 Å². The molecule has 0 aliphatic heterocycles. The maximum atomic E-state index is 11.2. The Hall–Kier alpha value is -2.69. The van der Waals surface area contributed by atoms with Gasteiger partial charge in [-0.25, -0.2) is 4.98 Å². The highest BCUT2D eigenvalue weighted by Crippen LogP contribution is 2.28. The molecule has 0 saturated heterocycles. The molecule has 0 aliphatic rings. The fraction of sp³-hybridized carbons (Fsp3) is 0.350. The molecule has 130 valence electrons. The Morgan fingerprint density at radius 2 is 2.00 bits per heavy atom. The van der Waals surface area contributed by atoms with Gasteiger partial charge in [0.05, 0.1) is 11.0 Å². The van der Waals surface area contributed by atoms with Crippen LogP contribution in [0.1, 0.15) is 44.4 Å². The zero-order chi connectivity index (χ0) is 18.2. The molecular weight excluding hydrogens is 314 g/mol. The Bertz CT molecular complexity index is 936.